The van der Waals surface area contributed by atoms with Crippen LogP contribution in [0.1, 0.15) is 37.3 Å². The molecule has 182 valence electrons. The molecule has 8 heteroatoms. The number of carboxylic acid groups (broad SMARTS) is 1. The summed E-state index contributed by atoms with van der Waals surface area (Å²) >= 11 is 0. The molecular formula is C26H33N3O5. The molecule has 0 bridgehead atoms. The van der Waals surface area contributed by atoms with E-state index in [1.54, 1.807) is 19.0 Å². The third-order valence-electron chi connectivity index (χ3n) is 5.82. The van der Waals surface area contributed by atoms with Gasteiger partial charge >= 0.3 is 12.1 Å². The fraction of sp³-hybridized carbons (Fsp3) is 0.423. The summed E-state index contributed by atoms with van der Waals surface area (Å²) in [6.07, 6.45) is -0.355. The highest BCUT2D eigenvalue weighted by atomic mass is 16.5. The number of aliphatic carboxylic acids is 1. The molecule has 2 aromatic rings. The highest BCUT2D eigenvalue weighted by Crippen LogP contribution is 2.44. The third kappa shape index (κ3) is 6.14. The van der Waals surface area contributed by atoms with Gasteiger partial charge in [0.15, 0.2) is 0 Å². The Morgan fingerprint density at radius 1 is 0.941 bits per heavy atom. The Balaban J connectivity index is 1.66. The van der Waals surface area contributed by atoms with Crippen LogP contribution in [0, 0.1) is 5.92 Å². The molecule has 0 saturated carbocycles. The van der Waals surface area contributed by atoms with Crippen molar-refractivity contribution in [2.45, 2.75) is 38.3 Å². The number of likely N-dealkylation sites (N-methyl/N-ethyl adjacent to an activating group) is 1. The maximum atomic E-state index is 12.8. The molecule has 34 heavy (non-hydrogen) atoms. The van der Waals surface area contributed by atoms with Gasteiger partial charge in [0.1, 0.15) is 18.7 Å². The van der Waals surface area contributed by atoms with E-state index in [0.717, 1.165) is 22.3 Å². The Kier molecular flexibility index (Phi) is 8.28. The third-order valence-corrected chi connectivity index (χ3v) is 5.82. The van der Waals surface area contributed by atoms with Crippen molar-refractivity contribution >= 4 is 18.0 Å². The van der Waals surface area contributed by atoms with Gasteiger partial charge in [-0.1, -0.05) is 62.4 Å². The quantitative estimate of drug-likeness (QED) is 0.496. The Bertz CT molecular complexity index is 991. The molecule has 8 nitrogen and oxygen atoms in total. The Morgan fingerprint density at radius 2 is 1.50 bits per heavy atom. The maximum Gasteiger partial charge on any atom is 0.407 e. The van der Waals surface area contributed by atoms with E-state index in [0.29, 0.717) is 6.42 Å². The van der Waals surface area contributed by atoms with E-state index < -0.39 is 30.1 Å². The number of carbonyl (C=O) groups excluding carboxylic acids is 2. The first-order valence-electron chi connectivity index (χ1n) is 11.5. The van der Waals surface area contributed by atoms with Crippen molar-refractivity contribution in [3.05, 3.63) is 59.7 Å². The van der Waals surface area contributed by atoms with Gasteiger partial charge in [-0.05, 0) is 48.7 Å². The number of fused-ring (bicyclic) bond motifs is 3. The average Bonchev–Trinajstić information content (AvgIpc) is 3.10. The number of rotatable bonds is 10. The molecule has 0 spiro atoms. The normalized spacial score (nSPS) is 14.3. The molecule has 2 aromatic carbocycles. The summed E-state index contributed by atoms with van der Waals surface area (Å²) in [4.78, 5) is 38.7. The standard InChI is InChI=1S/C26H33N3O5/c1-16(2)13-22(24(30)27-23(25(31)32)14-29(3)4)28-26(33)34-15-21-19-11-7-5-9-17(19)18-10-6-8-12-20(18)21/h5-12,16,21-23H,13-15H2,1-4H3,(H,27,30)(H,28,33)(H,31,32)/t22-,23?/m0/s1. The first-order valence-corrected chi connectivity index (χ1v) is 11.5. The first-order chi connectivity index (χ1) is 16.2. The van der Waals surface area contributed by atoms with Gasteiger partial charge in [-0.3, -0.25) is 4.79 Å². The average molecular weight is 468 g/mol. The number of ether oxygens (including phenoxy) is 1. The van der Waals surface area contributed by atoms with E-state index in [1.165, 1.54) is 0 Å². The molecule has 1 aliphatic rings. The van der Waals surface area contributed by atoms with Gasteiger partial charge in [0.25, 0.3) is 0 Å². The van der Waals surface area contributed by atoms with Crippen LogP contribution in [0.2, 0.25) is 0 Å². The molecule has 2 atom stereocenters. The second-order valence-electron chi connectivity index (χ2n) is 9.31. The summed E-state index contributed by atoms with van der Waals surface area (Å²) in [6.45, 7) is 4.12. The van der Waals surface area contributed by atoms with Crippen LogP contribution < -0.4 is 10.6 Å². The molecule has 3 N–H and O–H groups in total. The van der Waals surface area contributed by atoms with Crippen LogP contribution in [0.3, 0.4) is 0 Å². The predicted octanol–water partition coefficient (Wildman–Crippen LogP) is 3.07. The molecule has 1 unspecified atom stereocenters. The van der Waals surface area contributed by atoms with Gasteiger partial charge in [0, 0.05) is 12.5 Å². The number of benzene rings is 2. The fourth-order valence-electron chi connectivity index (χ4n) is 4.31. The van der Waals surface area contributed by atoms with Crippen LogP contribution in [-0.2, 0) is 14.3 Å². The number of carbonyl (C=O) groups is 3. The fourth-order valence-corrected chi connectivity index (χ4v) is 4.31. The van der Waals surface area contributed by atoms with Crippen molar-refractivity contribution in [2.75, 3.05) is 27.2 Å². The minimum atomic E-state index is -1.13. The second kappa shape index (κ2) is 11.2. The van der Waals surface area contributed by atoms with Crippen molar-refractivity contribution < 1.29 is 24.2 Å². The number of carboxylic acids is 1. The Morgan fingerprint density at radius 3 is 2.00 bits per heavy atom. The summed E-state index contributed by atoms with van der Waals surface area (Å²) in [7, 11) is 3.45. The van der Waals surface area contributed by atoms with Crippen LogP contribution in [0.15, 0.2) is 48.5 Å². The topological polar surface area (TPSA) is 108 Å². The molecule has 0 fully saturated rings. The number of amides is 2. The lowest BCUT2D eigenvalue weighted by Gasteiger charge is -2.24. The first kappa shape index (κ1) is 25.2. The smallest absolute Gasteiger partial charge is 0.407 e. The van der Waals surface area contributed by atoms with E-state index in [-0.39, 0.29) is 25.0 Å². The number of nitrogens with zero attached hydrogens (tertiary/aromatic N) is 1. The summed E-state index contributed by atoms with van der Waals surface area (Å²) < 4.78 is 5.56. The zero-order valence-electron chi connectivity index (χ0n) is 20.1. The Hall–Kier alpha value is -3.39. The zero-order valence-corrected chi connectivity index (χ0v) is 20.1. The van der Waals surface area contributed by atoms with Crippen molar-refractivity contribution in [2.24, 2.45) is 5.92 Å². The van der Waals surface area contributed by atoms with Crippen LogP contribution in [0.4, 0.5) is 4.79 Å². The van der Waals surface area contributed by atoms with Gasteiger partial charge in [-0.25, -0.2) is 9.59 Å². The van der Waals surface area contributed by atoms with Gasteiger partial charge < -0.3 is 25.4 Å². The predicted molar refractivity (Wildman–Crippen MR) is 130 cm³/mol. The molecule has 0 aliphatic heterocycles. The highest BCUT2D eigenvalue weighted by Gasteiger charge is 2.31. The van der Waals surface area contributed by atoms with Gasteiger partial charge in [0.2, 0.25) is 5.91 Å². The lowest BCUT2D eigenvalue weighted by atomic mass is 9.98. The van der Waals surface area contributed by atoms with Crippen LogP contribution >= 0.6 is 0 Å². The zero-order chi connectivity index (χ0) is 24.8. The molecule has 2 amide bonds. The van der Waals surface area contributed by atoms with E-state index in [2.05, 4.69) is 22.8 Å². The lowest BCUT2D eigenvalue weighted by molar-refractivity contribution is -0.142. The number of nitrogens with one attached hydrogen (secondary N) is 2. The maximum absolute atomic E-state index is 12.8. The Labute approximate surface area is 200 Å². The monoisotopic (exact) mass is 467 g/mol. The van der Waals surface area contributed by atoms with Crippen LogP contribution in [-0.4, -0.2) is 67.3 Å². The van der Waals surface area contributed by atoms with Crippen LogP contribution in [0.25, 0.3) is 11.1 Å². The van der Waals surface area contributed by atoms with Crippen molar-refractivity contribution in [1.29, 1.82) is 0 Å². The van der Waals surface area contributed by atoms with E-state index in [9.17, 15) is 19.5 Å². The largest absolute Gasteiger partial charge is 0.480 e. The van der Waals surface area contributed by atoms with Gasteiger partial charge in [-0.15, -0.1) is 0 Å². The van der Waals surface area contributed by atoms with Gasteiger partial charge in [0.05, 0.1) is 0 Å². The van der Waals surface area contributed by atoms with Crippen LogP contribution in [0.5, 0.6) is 0 Å². The molecule has 0 aromatic heterocycles. The molecule has 3 rings (SSSR count). The second-order valence-corrected chi connectivity index (χ2v) is 9.31. The minimum absolute atomic E-state index is 0.0907. The molecule has 0 saturated heterocycles. The number of hydrogen-bond donors (Lipinski definition) is 3. The SMILES string of the molecule is CC(C)C[C@H](NC(=O)OCC1c2ccccc2-c2ccccc21)C(=O)NC(CN(C)C)C(=O)O. The van der Waals surface area contributed by atoms with E-state index in [4.69, 9.17) is 4.74 Å². The highest BCUT2D eigenvalue weighted by molar-refractivity contribution is 5.89. The van der Waals surface area contributed by atoms with Crippen molar-refractivity contribution in [1.82, 2.24) is 15.5 Å². The molecule has 0 heterocycles. The number of hydrogen-bond acceptors (Lipinski definition) is 5. The summed E-state index contributed by atoms with van der Waals surface area (Å²) in [6, 6.07) is 14.1. The summed E-state index contributed by atoms with van der Waals surface area (Å²) in [5, 5.41) is 14.6. The number of alkyl carbamates (subject to hydrolysis) is 1. The van der Waals surface area contributed by atoms with Crippen molar-refractivity contribution in [3.8, 4) is 11.1 Å². The summed E-state index contributed by atoms with van der Waals surface area (Å²) in [5.41, 5.74) is 4.46. The summed E-state index contributed by atoms with van der Waals surface area (Å²) in [5.74, 6) is -1.67. The van der Waals surface area contributed by atoms with E-state index >= 15 is 0 Å². The minimum Gasteiger partial charge on any atom is -0.480 e. The molecular weight excluding hydrogens is 434 g/mol. The molecule has 1 aliphatic carbocycles. The van der Waals surface area contributed by atoms with Crippen molar-refractivity contribution in [3.63, 3.8) is 0 Å². The van der Waals surface area contributed by atoms with Gasteiger partial charge in [-0.2, -0.15) is 0 Å². The van der Waals surface area contributed by atoms with E-state index in [1.807, 2.05) is 50.2 Å². The lowest BCUT2D eigenvalue weighted by Crippen LogP contribution is -2.54. The molecule has 0 radical (unpaired) electrons.